The summed E-state index contributed by atoms with van der Waals surface area (Å²) in [5, 5.41) is 19.9. The summed E-state index contributed by atoms with van der Waals surface area (Å²) in [5.74, 6) is 1.22. The van der Waals surface area contributed by atoms with Crippen LogP contribution in [0.25, 0.3) is 11.8 Å². The summed E-state index contributed by atoms with van der Waals surface area (Å²) in [7, 11) is 3.11. The number of methoxy groups -OCH3 is 2. The molecule has 0 aromatic heterocycles. The van der Waals surface area contributed by atoms with Crippen LogP contribution in [0.2, 0.25) is 0 Å². The molecule has 0 unspecified atom stereocenters. The maximum Gasteiger partial charge on any atom is 0.130 e. The van der Waals surface area contributed by atoms with E-state index in [0.29, 0.717) is 11.3 Å². The van der Waals surface area contributed by atoms with Crippen LogP contribution in [0.4, 0.5) is 0 Å². The fourth-order valence-electron chi connectivity index (χ4n) is 1.79. The molecule has 4 heteroatoms. The number of phenolic OH excluding ortho intramolecular Hbond substituents is 1. The van der Waals surface area contributed by atoms with Crippen LogP contribution in [0.3, 0.4) is 0 Å². The molecular formula is C16H16O4. The molecule has 2 aromatic carbocycles. The standard InChI is InChI=1S/C16H16O4/c1-19-12-5-3-11(4-6-12)9-15(17)14-8-7-13(20-2)10-16(14)18/h3-10,17-18H,1-2H3/b15-9-. The van der Waals surface area contributed by atoms with Crippen molar-refractivity contribution >= 4 is 11.8 Å². The Labute approximate surface area is 117 Å². The van der Waals surface area contributed by atoms with E-state index in [1.807, 2.05) is 12.1 Å². The zero-order valence-electron chi connectivity index (χ0n) is 11.3. The zero-order valence-corrected chi connectivity index (χ0v) is 11.3. The first-order valence-electron chi connectivity index (χ1n) is 6.06. The van der Waals surface area contributed by atoms with Gasteiger partial charge in [0.15, 0.2) is 0 Å². The van der Waals surface area contributed by atoms with Crippen molar-refractivity contribution in [2.45, 2.75) is 0 Å². The third kappa shape index (κ3) is 3.03. The lowest BCUT2D eigenvalue weighted by atomic mass is 10.1. The van der Waals surface area contributed by atoms with Crippen LogP contribution in [-0.2, 0) is 0 Å². The maximum absolute atomic E-state index is 10.1. The van der Waals surface area contributed by atoms with Crippen molar-refractivity contribution in [3.63, 3.8) is 0 Å². The molecular weight excluding hydrogens is 256 g/mol. The minimum atomic E-state index is -0.0355. The van der Waals surface area contributed by atoms with Crippen molar-refractivity contribution in [1.82, 2.24) is 0 Å². The molecule has 0 saturated heterocycles. The highest BCUT2D eigenvalue weighted by atomic mass is 16.5. The largest absolute Gasteiger partial charge is 0.507 e. The van der Waals surface area contributed by atoms with Gasteiger partial charge in [-0.3, -0.25) is 0 Å². The van der Waals surface area contributed by atoms with Crippen LogP contribution in [0, 0.1) is 0 Å². The van der Waals surface area contributed by atoms with Crippen molar-refractivity contribution in [3.05, 3.63) is 53.6 Å². The molecule has 0 amide bonds. The molecule has 0 radical (unpaired) electrons. The molecule has 2 aromatic rings. The van der Waals surface area contributed by atoms with Gasteiger partial charge in [-0.25, -0.2) is 0 Å². The highest BCUT2D eigenvalue weighted by Gasteiger charge is 2.07. The Morgan fingerprint density at radius 3 is 2.10 bits per heavy atom. The predicted molar refractivity (Wildman–Crippen MR) is 78.2 cm³/mol. The van der Waals surface area contributed by atoms with Gasteiger partial charge in [-0.1, -0.05) is 12.1 Å². The predicted octanol–water partition coefficient (Wildman–Crippen LogP) is 3.47. The van der Waals surface area contributed by atoms with E-state index < -0.39 is 0 Å². The van der Waals surface area contributed by atoms with E-state index in [-0.39, 0.29) is 11.5 Å². The molecule has 0 saturated carbocycles. The van der Waals surface area contributed by atoms with E-state index in [9.17, 15) is 10.2 Å². The second-order valence-corrected chi connectivity index (χ2v) is 4.19. The molecule has 0 spiro atoms. The Morgan fingerprint density at radius 2 is 1.55 bits per heavy atom. The van der Waals surface area contributed by atoms with Gasteiger partial charge in [-0.05, 0) is 35.9 Å². The second-order valence-electron chi connectivity index (χ2n) is 4.19. The zero-order chi connectivity index (χ0) is 14.5. The van der Waals surface area contributed by atoms with Gasteiger partial charge in [-0.15, -0.1) is 0 Å². The molecule has 0 atom stereocenters. The van der Waals surface area contributed by atoms with E-state index in [4.69, 9.17) is 9.47 Å². The molecule has 0 bridgehead atoms. The number of aliphatic hydroxyl groups is 1. The summed E-state index contributed by atoms with van der Waals surface area (Å²) in [6.45, 7) is 0. The van der Waals surface area contributed by atoms with Crippen molar-refractivity contribution in [1.29, 1.82) is 0 Å². The molecule has 4 nitrogen and oxygen atoms in total. The van der Waals surface area contributed by atoms with Gasteiger partial charge in [0, 0.05) is 6.07 Å². The Morgan fingerprint density at radius 1 is 0.950 bits per heavy atom. The molecule has 0 aliphatic carbocycles. The Balaban J connectivity index is 2.29. The van der Waals surface area contributed by atoms with E-state index in [1.54, 1.807) is 37.5 Å². The van der Waals surface area contributed by atoms with Crippen molar-refractivity contribution in [3.8, 4) is 17.2 Å². The molecule has 104 valence electrons. The minimum Gasteiger partial charge on any atom is -0.507 e. The summed E-state index contributed by atoms with van der Waals surface area (Å²) in [4.78, 5) is 0. The van der Waals surface area contributed by atoms with Crippen LogP contribution in [-0.4, -0.2) is 24.4 Å². The molecule has 0 fully saturated rings. The van der Waals surface area contributed by atoms with Crippen LogP contribution in [0.15, 0.2) is 42.5 Å². The second kappa shape index (κ2) is 6.02. The lowest BCUT2D eigenvalue weighted by Gasteiger charge is -2.06. The van der Waals surface area contributed by atoms with Gasteiger partial charge >= 0.3 is 0 Å². The third-order valence-electron chi connectivity index (χ3n) is 2.90. The maximum atomic E-state index is 10.1. The van der Waals surface area contributed by atoms with Crippen molar-refractivity contribution in [2.24, 2.45) is 0 Å². The summed E-state index contributed by atoms with van der Waals surface area (Å²) < 4.78 is 10.1. The van der Waals surface area contributed by atoms with Gasteiger partial charge in [-0.2, -0.15) is 0 Å². The first kappa shape index (κ1) is 13.8. The van der Waals surface area contributed by atoms with Crippen molar-refractivity contribution in [2.75, 3.05) is 14.2 Å². The average molecular weight is 272 g/mol. The lowest BCUT2D eigenvalue weighted by molar-refractivity contribution is 0.406. The van der Waals surface area contributed by atoms with Gasteiger partial charge in [0.2, 0.25) is 0 Å². The van der Waals surface area contributed by atoms with E-state index in [0.717, 1.165) is 11.3 Å². The number of rotatable bonds is 4. The lowest BCUT2D eigenvalue weighted by Crippen LogP contribution is -1.88. The fourth-order valence-corrected chi connectivity index (χ4v) is 1.79. The van der Waals surface area contributed by atoms with Crippen LogP contribution in [0.5, 0.6) is 17.2 Å². The third-order valence-corrected chi connectivity index (χ3v) is 2.90. The van der Waals surface area contributed by atoms with E-state index >= 15 is 0 Å². The van der Waals surface area contributed by atoms with Gasteiger partial charge in [0.1, 0.15) is 23.0 Å². The average Bonchev–Trinajstić information content (AvgIpc) is 2.47. The normalized spacial score (nSPS) is 11.2. The Hall–Kier alpha value is -2.62. The number of ether oxygens (including phenoxy) is 2. The van der Waals surface area contributed by atoms with Crippen LogP contribution >= 0.6 is 0 Å². The number of benzene rings is 2. The number of hydrogen-bond acceptors (Lipinski definition) is 4. The number of phenols is 1. The monoisotopic (exact) mass is 272 g/mol. The molecule has 20 heavy (non-hydrogen) atoms. The molecule has 0 heterocycles. The summed E-state index contributed by atoms with van der Waals surface area (Å²) in [6, 6.07) is 12.0. The van der Waals surface area contributed by atoms with E-state index in [1.165, 1.54) is 13.2 Å². The Kier molecular flexibility index (Phi) is 4.15. The SMILES string of the molecule is COc1ccc(/C=C(\O)c2ccc(OC)cc2O)cc1. The number of aliphatic hydroxyl groups excluding tert-OH is 1. The summed E-state index contributed by atoms with van der Waals surface area (Å²) in [5.41, 5.74) is 1.15. The number of aromatic hydroxyl groups is 1. The highest BCUT2D eigenvalue weighted by Crippen LogP contribution is 2.29. The van der Waals surface area contributed by atoms with Crippen molar-refractivity contribution < 1.29 is 19.7 Å². The molecule has 0 aliphatic rings. The van der Waals surface area contributed by atoms with Gasteiger partial charge in [0.05, 0.1) is 19.8 Å². The van der Waals surface area contributed by atoms with Gasteiger partial charge in [0.25, 0.3) is 0 Å². The summed E-state index contributed by atoms with van der Waals surface area (Å²) >= 11 is 0. The summed E-state index contributed by atoms with van der Waals surface area (Å²) in [6.07, 6.45) is 1.57. The van der Waals surface area contributed by atoms with Crippen LogP contribution < -0.4 is 9.47 Å². The van der Waals surface area contributed by atoms with E-state index in [2.05, 4.69) is 0 Å². The first-order valence-corrected chi connectivity index (χ1v) is 6.06. The fraction of sp³-hybridized carbons (Fsp3) is 0.125. The highest BCUT2D eigenvalue weighted by molar-refractivity contribution is 5.79. The Bertz CT molecular complexity index is 615. The molecule has 2 N–H and O–H groups in total. The first-order chi connectivity index (χ1) is 9.63. The molecule has 0 aliphatic heterocycles. The smallest absolute Gasteiger partial charge is 0.130 e. The number of hydrogen-bond donors (Lipinski definition) is 2. The van der Waals surface area contributed by atoms with Crippen LogP contribution in [0.1, 0.15) is 11.1 Å². The van der Waals surface area contributed by atoms with Gasteiger partial charge < -0.3 is 19.7 Å². The molecule has 2 rings (SSSR count). The topological polar surface area (TPSA) is 58.9 Å². The minimum absolute atomic E-state index is 0.0182. The quantitative estimate of drug-likeness (QED) is 0.661.